The van der Waals surface area contributed by atoms with Crippen molar-refractivity contribution >= 4 is 12.0 Å². The van der Waals surface area contributed by atoms with Crippen LogP contribution in [0.2, 0.25) is 0 Å². The Bertz CT molecular complexity index is 869. The number of aliphatic hydroxyl groups is 1. The van der Waals surface area contributed by atoms with E-state index in [-0.39, 0.29) is 24.8 Å². The molecule has 1 N–H and O–H groups in total. The van der Waals surface area contributed by atoms with Crippen molar-refractivity contribution in [3.63, 3.8) is 0 Å². The highest BCUT2D eigenvalue weighted by Crippen LogP contribution is 2.33. The van der Waals surface area contributed by atoms with E-state index in [9.17, 15) is 9.90 Å². The first-order valence-corrected chi connectivity index (χ1v) is 9.26. The molecule has 1 aromatic rings. The fourth-order valence-electron chi connectivity index (χ4n) is 3.23. The monoisotopic (exact) mass is 383 g/mol. The molecule has 0 amide bonds. The summed E-state index contributed by atoms with van der Waals surface area (Å²) in [6, 6.07) is 5.62. The van der Waals surface area contributed by atoms with Gasteiger partial charge in [0.2, 0.25) is 6.79 Å². The molecular formula is C22H25NO5. The first-order valence-electron chi connectivity index (χ1n) is 9.26. The SMILES string of the molecule is CC(C)N(/C(O)=C1\C=CC=C1OC(=O)/C=C/c1ccc2c(c1)OCO2)C(C)C. The number of esters is 1. The molecule has 0 aromatic heterocycles. The van der Waals surface area contributed by atoms with Crippen LogP contribution in [0.1, 0.15) is 33.3 Å². The standard InChI is InChI=1S/C22H25NO5/c1-14(2)23(15(3)4)22(25)17-6-5-7-18(17)28-21(24)11-9-16-8-10-19-20(12-16)27-13-26-19/h5-12,14-15,25H,13H2,1-4H3/b11-9+,22-17-. The lowest BCUT2D eigenvalue weighted by Crippen LogP contribution is -2.37. The number of carbonyl (C=O) groups excluding carboxylic acids is 1. The second kappa shape index (κ2) is 8.25. The summed E-state index contributed by atoms with van der Waals surface area (Å²) in [5.74, 6) is 1.23. The van der Waals surface area contributed by atoms with Crippen molar-refractivity contribution in [3.05, 3.63) is 65.3 Å². The van der Waals surface area contributed by atoms with Gasteiger partial charge in [0.15, 0.2) is 17.4 Å². The number of fused-ring (bicyclic) bond motifs is 1. The Labute approximate surface area is 165 Å². The van der Waals surface area contributed by atoms with Crippen molar-refractivity contribution in [2.24, 2.45) is 0 Å². The fraction of sp³-hybridized carbons (Fsp3) is 0.318. The van der Waals surface area contributed by atoms with Gasteiger partial charge in [-0.2, -0.15) is 0 Å². The van der Waals surface area contributed by atoms with Gasteiger partial charge in [-0.15, -0.1) is 0 Å². The topological polar surface area (TPSA) is 68.2 Å². The van der Waals surface area contributed by atoms with Crippen molar-refractivity contribution in [2.45, 2.75) is 39.8 Å². The van der Waals surface area contributed by atoms with E-state index in [0.717, 1.165) is 5.56 Å². The van der Waals surface area contributed by atoms with Gasteiger partial charge in [-0.05, 0) is 63.6 Å². The van der Waals surface area contributed by atoms with E-state index in [1.54, 1.807) is 36.4 Å². The summed E-state index contributed by atoms with van der Waals surface area (Å²) in [6.07, 6.45) is 8.13. The van der Waals surface area contributed by atoms with Crippen LogP contribution in [0.25, 0.3) is 6.08 Å². The highest BCUT2D eigenvalue weighted by Gasteiger charge is 2.23. The Morgan fingerprint density at radius 3 is 2.61 bits per heavy atom. The second-order valence-electron chi connectivity index (χ2n) is 7.09. The molecule has 148 valence electrons. The molecule has 0 bridgehead atoms. The minimum Gasteiger partial charge on any atom is -0.494 e. The number of hydrogen-bond donors (Lipinski definition) is 1. The van der Waals surface area contributed by atoms with Gasteiger partial charge < -0.3 is 24.2 Å². The van der Waals surface area contributed by atoms with Crippen molar-refractivity contribution in [1.29, 1.82) is 0 Å². The molecule has 0 radical (unpaired) electrons. The number of carbonyl (C=O) groups is 1. The van der Waals surface area contributed by atoms with Gasteiger partial charge in [0.25, 0.3) is 0 Å². The second-order valence-corrected chi connectivity index (χ2v) is 7.09. The Kier molecular flexibility index (Phi) is 5.78. The van der Waals surface area contributed by atoms with Gasteiger partial charge in [-0.3, -0.25) is 0 Å². The van der Waals surface area contributed by atoms with E-state index in [1.165, 1.54) is 6.08 Å². The summed E-state index contributed by atoms with van der Waals surface area (Å²) in [5.41, 5.74) is 1.29. The molecule has 0 spiro atoms. The summed E-state index contributed by atoms with van der Waals surface area (Å²) in [4.78, 5) is 14.1. The number of rotatable bonds is 6. The summed E-state index contributed by atoms with van der Waals surface area (Å²) >= 11 is 0. The number of benzene rings is 1. The third kappa shape index (κ3) is 4.22. The number of nitrogens with zero attached hydrogens (tertiary/aromatic N) is 1. The van der Waals surface area contributed by atoms with Crippen LogP contribution < -0.4 is 9.47 Å². The normalized spacial score (nSPS) is 16.9. The molecule has 6 nitrogen and oxygen atoms in total. The summed E-state index contributed by atoms with van der Waals surface area (Å²) in [5, 5.41) is 10.7. The van der Waals surface area contributed by atoms with Gasteiger partial charge in [-0.25, -0.2) is 4.79 Å². The van der Waals surface area contributed by atoms with Crippen LogP contribution in [0.5, 0.6) is 11.5 Å². The molecule has 0 fully saturated rings. The molecule has 2 aliphatic rings. The van der Waals surface area contributed by atoms with Crippen LogP contribution in [-0.4, -0.2) is 34.9 Å². The van der Waals surface area contributed by atoms with Gasteiger partial charge in [0.05, 0.1) is 5.57 Å². The van der Waals surface area contributed by atoms with Crippen molar-refractivity contribution < 1.29 is 24.1 Å². The molecule has 1 aliphatic heterocycles. The first-order chi connectivity index (χ1) is 13.4. The maximum atomic E-state index is 12.3. The van der Waals surface area contributed by atoms with Crippen LogP contribution in [0, 0.1) is 0 Å². The molecule has 28 heavy (non-hydrogen) atoms. The average molecular weight is 383 g/mol. The number of allylic oxidation sites excluding steroid dienone is 3. The zero-order valence-corrected chi connectivity index (χ0v) is 16.5. The Morgan fingerprint density at radius 2 is 1.89 bits per heavy atom. The molecule has 1 aliphatic carbocycles. The van der Waals surface area contributed by atoms with Gasteiger partial charge in [-0.1, -0.05) is 12.1 Å². The average Bonchev–Trinajstić information content (AvgIpc) is 3.27. The molecule has 1 aromatic carbocycles. The highest BCUT2D eigenvalue weighted by atomic mass is 16.7. The molecule has 6 heteroatoms. The molecule has 0 saturated carbocycles. The van der Waals surface area contributed by atoms with Crippen molar-refractivity contribution in [2.75, 3.05) is 6.79 Å². The molecule has 3 rings (SSSR count). The quantitative estimate of drug-likeness (QED) is 0.448. The number of aliphatic hydroxyl groups excluding tert-OH is 1. The van der Waals surface area contributed by atoms with E-state index in [1.807, 2.05) is 38.7 Å². The minimum absolute atomic E-state index is 0.0950. The largest absolute Gasteiger partial charge is 0.494 e. The molecule has 0 unspecified atom stereocenters. The third-order valence-corrected chi connectivity index (χ3v) is 4.39. The Morgan fingerprint density at radius 1 is 1.18 bits per heavy atom. The van der Waals surface area contributed by atoms with Crippen LogP contribution >= 0.6 is 0 Å². The zero-order valence-electron chi connectivity index (χ0n) is 16.5. The number of ether oxygens (including phenoxy) is 3. The molecule has 0 saturated heterocycles. The van der Waals surface area contributed by atoms with Crippen molar-refractivity contribution in [1.82, 2.24) is 4.90 Å². The maximum absolute atomic E-state index is 12.3. The molecule has 0 atom stereocenters. The summed E-state index contributed by atoms with van der Waals surface area (Å²) < 4.78 is 16.0. The smallest absolute Gasteiger partial charge is 0.336 e. The maximum Gasteiger partial charge on any atom is 0.336 e. The fourth-order valence-corrected chi connectivity index (χ4v) is 3.23. The lowest BCUT2D eigenvalue weighted by atomic mass is 10.2. The Hall–Kier alpha value is -3.15. The van der Waals surface area contributed by atoms with Crippen LogP contribution in [0.15, 0.2) is 59.7 Å². The summed E-state index contributed by atoms with van der Waals surface area (Å²) in [7, 11) is 0. The highest BCUT2D eigenvalue weighted by molar-refractivity contribution is 5.88. The zero-order chi connectivity index (χ0) is 20.3. The van der Waals surface area contributed by atoms with Crippen molar-refractivity contribution in [3.8, 4) is 11.5 Å². The third-order valence-electron chi connectivity index (χ3n) is 4.39. The van der Waals surface area contributed by atoms with E-state index >= 15 is 0 Å². The van der Waals surface area contributed by atoms with E-state index in [2.05, 4.69) is 0 Å². The summed E-state index contributed by atoms with van der Waals surface area (Å²) in [6.45, 7) is 8.20. The van der Waals surface area contributed by atoms with Crippen LogP contribution in [0.4, 0.5) is 0 Å². The van der Waals surface area contributed by atoms with Crippen LogP contribution in [-0.2, 0) is 9.53 Å². The van der Waals surface area contributed by atoms with Gasteiger partial charge in [0, 0.05) is 18.2 Å². The van der Waals surface area contributed by atoms with Gasteiger partial charge >= 0.3 is 5.97 Å². The van der Waals surface area contributed by atoms with Gasteiger partial charge in [0.1, 0.15) is 5.76 Å². The lowest BCUT2D eigenvalue weighted by molar-refractivity contribution is -0.133. The van der Waals surface area contributed by atoms with E-state index in [0.29, 0.717) is 22.8 Å². The van der Waals surface area contributed by atoms with Crippen LogP contribution in [0.3, 0.4) is 0 Å². The molecular weight excluding hydrogens is 358 g/mol. The predicted octanol–water partition coefficient (Wildman–Crippen LogP) is 4.31. The van der Waals surface area contributed by atoms with E-state index < -0.39 is 5.97 Å². The first kappa shape index (κ1) is 19.6. The molecule has 1 heterocycles. The minimum atomic E-state index is -0.529. The predicted molar refractivity (Wildman–Crippen MR) is 107 cm³/mol. The lowest BCUT2D eigenvalue weighted by Gasteiger charge is -2.32. The number of hydrogen-bond acceptors (Lipinski definition) is 6. The van der Waals surface area contributed by atoms with E-state index in [4.69, 9.17) is 14.2 Å². The Balaban J connectivity index is 1.70.